The monoisotopic (exact) mass is 666 g/mol. The van der Waals surface area contributed by atoms with Crippen LogP contribution in [-0.4, -0.2) is 58.6 Å². The molecule has 0 bridgehead atoms. The first kappa shape index (κ1) is 37.8. The average molecular weight is 667 g/mol. The van der Waals surface area contributed by atoms with E-state index in [4.69, 9.17) is 0 Å². The number of nitrogens with one attached hydrogen (secondary N) is 2. The van der Waals surface area contributed by atoms with Crippen LogP contribution < -0.4 is 10.6 Å². The molecule has 48 heavy (non-hydrogen) atoms. The van der Waals surface area contributed by atoms with Crippen LogP contribution in [0, 0.1) is 11.8 Å². The number of carbonyl (C=O) groups is 5. The molecule has 0 aliphatic rings. The SMILES string of the molecule is CC(=O)CCC(NC(=O)[C@H](C)CC(=O)[C@H](Cc1ccccc1)NC(=O)[C@H](C)CC(=O)c1ccc(-c2ccccc2)cc1)C(O)C(F)(F)F. The molecule has 2 unspecified atom stereocenters. The number of carbonyl (C=O) groups excluding carboxylic acids is 5. The lowest BCUT2D eigenvalue weighted by Gasteiger charge is -2.27. The van der Waals surface area contributed by atoms with Crippen molar-refractivity contribution in [2.75, 3.05) is 0 Å². The molecule has 0 saturated heterocycles. The van der Waals surface area contributed by atoms with Crippen molar-refractivity contribution in [3.05, 3.63) is 96.1 Å². The van der Waals surface area contributed by atoms with Crippen molar-refractivity contribution in [3.8, 4) is 11.1 Å². The lowest BCUT2D eigenvalue weighted by Crippen LogP contribution is -2.52. The largest absolute Gasteiger partial charge is 0.416 e. The number of benzene rings is 3. The van der Waals surface area contributed by atoms with Gasteiger partial charge in [-0.2, -0.15) is 13.2 Å². The van der Waals surface area contributed by atoms with Gasteiger partial charge in [0, 0.05) is 36.7 Å². The summed E-state index contributed by atoms with van der Waals surface area (Å²) in [6.45, 7) is 4.10. The molecule has 0 heterocycles. The van der Waals surface area contributed by atoms with Crippen molar-refractivity contribution < 1.29 is 42.3 Å². The Morgan fingerprint density at radius 3 is 1.81 bits per heavy atom. The number of hydrogen-bond acceptors (Lipinski definition) is 6. The zero-order valence-corrected chi connectivity index (χ0v) is 27.1. The second-order valence-electron chi connectivity index (χ2n) is 12.1. The lowest BCUT2D eigenvalue weighted by molar-refractivity contribution is -0.213. The van der Waals surface area contributed by atoms with Gasteiger partial charge in [0.05, 0.1) is 12.1 Å². The highest BCUT2D eigenvalue weighted by atomic mass is 19.4. The normalized spacial score (nSPS) is 14.6. The fraction of sp³-hybridized carbons (Fsp3) is 0.378. The number of hydrogen-bond donors (Lipinski definition) is 3. The molecule has 0 aliphatic carbocycles. The molecule has 5 atom stereocenters. The van der Waals surface area contributed by atoms with Gasteiger partial charge in [-0.25, -0.2) is 0 Å². The molecule has 3 aromatic rings. The number of aliphatic hydroxyl groups excluding tert-OH is 1. The Bertz CT molecular complexity index is 1540. The first-order valence-corrected chi connectivity index (χ1v) is 15.8. The fourth-order valence-electron chi connectivity index (χ4n) is 5.13. The van der Waals surface area contributed by atoms with Gasteiger partial charge in [0.15, 0.2) is 17.7 Å². The number of rotatable bonds is 17. The van der Waals surface area contributed by atoms with E-state index in [1.807, 2.05) is 42.5 Å². The Balaban J connectivity index is 1.67. The third kappa shape index (κ3) is 11.6. The molecule has 3 N–H and O–H groups in total. The van der Waals surface area contributed by atoms with Gasteiger partial charge >= 0.3 is 6.18 Å². The minimum atomic E-state index is -5.04. The van der Waals surface area contributed by atoms with Gasteiger partial charge in [0.2, 0.25) is 11.8 Å². The predicted molar refractivity (Wildman–Crippen MR) is 175 cm³/mol. The Labute approximate surface area is 278 Å². The summed E-state index contributed by atoms with van der Waals surface area (Å²) in [7, 11) is 0. The van der Waals surface area contributed by atoms with Crippen LogP contribution in [-0.2, 0) is 25.6 Å². The van der Waals surface area contributed by atoms with Gasteiger partial charge in [0.1, 0.15) is 5.78 Å². The summed E-state index contributed by atoms with van der Waals surface area (Å²) >= 11 is 0. The molecule has 0 aliphatic heterocycles. The molecule has 8 nitrogen and oxygen atoms in total. The maximum Gasteiger partial charge on any atom is 0.416 e. The first-order valence-electron chi connectivity index (χ1n) is 15.8. The third-order valence-corrected chi connectivity index (χ3v) is 8.05. The molecule has 0 fully saturated rings. The van der Waals surface area contributed by atoms with E-state index in [-0.39, 0.29) is 25.0 Å². The van der Waals surface area contributed by atoms with Gasteiger partial charge < -0.3 is 20.5 Å². The molecule has 0 aromatic heterocycles. The van der Waals surface area contributed by atoms with Gasteiger partial charge in [-0.3, -0.25) is 19.2 Å². The molecule has 3 rings (SSSR count). The topological polar surface area (TPSA) is 130 Å². The average Bonchev–Trinajstić information content (AvgIpc) is 3.06. The van der Waals surface area contributed by atoms with Crippen molar-refractivity contribution in [1.82, 2.24) is 10.6 Å². The minimum Gasteiger partial charge on any atom is -0.382 e. The van der Waals surface area contributed by atoms with Crippen molar-refractivity contribution >= 4 is 29.2 Å². The van der Waals surface area contributed by atoms with E-state index in [1.54, 1.807) is 49.4 Å². The fourth-order valence-corrected chi connectivity index (χ4v) is 5.13. The van der Waals surface area contributed by atoms with Crippen LogP contribution in [0.4, 0.5) is 13.2 Å². The lowest BCUT2D eigenvalue weighted by atomic mass is 9.93. The van der Waals surface area contributed by atoms with Crippen LogP contribution in [0.1, 0.15) is 62.4 Å². The molecule has 11 heteroatoms. The highest BCUT2D eigenvalue weighted by molar-refractivity contribution is 5.99. The molecule has 256 valence electrons. The van der Waals surface area contributed by atoms with Crippen LogP contribution >= 0.6 is 0 Å². The molecule has 0 spiro atoms. The van der Waals surface area contributed by atoms with E-state index in [0.717, 1.165) is 11.1 Å². The Morgan fingerprint density at radius 1 is 0.729 bits per heavy atom. The summed E-state index contributed by atoms with van der Waals surface area (Å²) in [4.78, 5) is 64.0. The van der Waals surface area contributed by atoms with Crippen molar-refractivity contribution in [2.45, 2.75) is 77.2 Å². The van der Waals surface area contributed by atoms with Crippen LogP contribution in [0.2, 0.25) is 0 Å². The summed E-state index contributed by atoms with van der Waals surface area (Å²) < 4.78 is 39.7. The summed E-state index contributed by atoms with van der Waals surface area (Å²) in [6, 6.07) is 22.6. The summed E-state index contributed by atoms with van der Waals surface area (Å²) in [6.07, 6.45) is -9.14. The molecule has 0 radical (unpaired) electrons. The predicted octanol–water partition coefficient (Wildman–Crippen LogP) is 5.66. The summed E-state index contributed by atoms with van der Waals surface area (Å²) in [5.41, 5.74) is 3.08. The van der Waals surface area contributed by atoms with E-state index in [9.17, 15) is 42.3 Å². The van der Waals surface area contributed by atoms with Crippen LogP contribution in [0.25, 0.3) is 11.1 Å². The second kappa shape index (κ2) is 17.5. The van der Waals surface area contributed by atoms with Crippen molar-refractivity contribution in [1.29, 1.82) is 0 Å². The molecule has 3 aromatic carbocycles. The van der Waals surface area contributed by atoms with Gasteiger partial charge in [-0.15, -0.1) is 0 Å². The van der Waals surface area contributed by atoms with Gasteiger partial charge in [0.25, 0.3) is 0 Å². The zero-order valence-electron chi connectivity index (χ0n) is 27.1. The Kier molecular flexibility index (Phi) is 13.8. The standard InChI is InChI=1S/C37H41F3N2O6/c1-23(20-32(44)29-17-15-28(16-18-29)27-12-8-5-9-13-27)36(48)42-31(22-26-10-6-4-7-11-26)33(45)21-24(2)35(47)41-30(19-14-25(3)43)34(46)37(38,39)40/h4-13,15-18,23-24,30-31,34,46H,14,19-22H2,1-3H3,(H,41,47)(H,42,48)/t23-,24-,30?,31+,34?/m1/s1. The Morgan fingerprint density at radius 2 is 1.25 bits per heavy atom. The van der Waals surface area contributed by atoms with Gasteiger partial charge in [-0.05, 0) is 36.5 Å². The van der Waals surface area contributed by atoms with E-state index >= 15 is 0 Å². The number of aliphatic hydroxyl groups is 1. The first-order chi connectivity index (χ1) is 22.6. The number of Topliss-reactive ketones (excluding diaryl/α,β-unsaturated/α-hetero) is 3. The summed E-state index contributed by atoms with van der Waals surface area (Å²) in [5.74, 6) is -4.59. The van der Waals surface area contributed by atoms with E-state index < -0.39 is 72.4 Å². The van der Waals surface area contributed by atoms with Gasteiger partial charge in [-0.1, -0.05) is 98.8 Å². The summed E-state index contributed by atoms with van der Waals surface area (Å²) in [5, 5.41) is 14.6. The smallest absolute Gasteiger partial charge is 0.382 e. The van der Waals surface area contributed by atoms with Crippen molar-refractivity contribution in [2.24, 2.45) is 11.8 Å². The van der Waals surface area contributed by atoms with E-state index in [0.29, 0.717) is 11.1 Å². The quantitative estimate of drug-likeness (QED) is 0.160. The van der Waals surface area contributed by atoms with Crippen LogP contribution in [0.3, 0.4) is 0 Å². The number of amides is 2. The van der Waals surface area contributed by atoms with Crippen molar-refractivity contribution in [3.63, 3.8) is 0 Å². The van der Waals surface area contributed by atoms with Crippen LogP contribution in [0.15, 0.2) is 84.9 Å². The van der Waals surface area contributed by atoms with Crippen LogP contribution in [0.5, 0.6) is 0 Å². The third-order valence-electron chi connectivity index (χ3n) is 8.05. The molecule has 0 saturated carbocycles. The highest BCUT2D eigenvalue weighted by Gasteiger charge is 2.44. The molecule has 2 amide bonds. The molecular formula is C37H41F3N2O6. The van der Waals surface area contributed by atoms with E-state index in [2.05, 4.69) is 10.6 Å². The zero-order chi connectivity index (χ0) is 35.4. The molecular weight excluding hydrogens is 625 g/mol. The highest BCUT2D eigenvalue weighted by Crippen LogP contribution is 2.25. The number of halogens is 3. The number of ketones is 3. The van der Waals surface area contributed by atoms with E-state index in [1.165, 1.54) is 13.8 Å². The maximum absolute atomic E-state index is 13.5. The Hall–Kier alpha value is -4.64. The second-order valence-corrected chi connectivity index (χ2v) is 12.1. The number of alkyl halides is 3. The minimum absolute atomic E-state index is 0.0788. The maximum atomic E-state index is 13.5.